The summed E-state index contributed by atoms with van der Waals surface area (Å²) < 4.78 is 10.7. The van der Waals surface area contributed by atoms with Crippen molar-refractivity contribution >= 4 is 17.9 Å². The van der Waals surface area contributed by atoms with E-state index in [0.717, 1.165) is 5.75 Å². The van der Waals surface area contributed by atoms with E-state index < -0.39 is 0 Å². The first-order chi connectivity index (χ1) is 8.74. The molecular weight excluding hydrogens is 252 g/mol. The molecule has 0 aliphatic heterocycles. The van der Waals surface area contributed by atoms with Crippen LogP contribution in [0.3, 0.4) is 0 Å². The number of para-hydroxylation sites is 1. The van der Waals surface area contributed by atoms with Gasteiger partial charge in [0.1, 0.15) is 11.5 Å². The molecule has 92 valence electrons. The number of benzene rings is 2. The summed E-state index contributed by atoms with van der Waals surface area (Å²) in [4.78, 5) is 10.9. The van der Waals surface area contributed by atoms with Crippen molar-refractivity contribution in [1.29, 1.82) is 0 Å². The van der Waals surface area contributed by atoms with Gasteiger partial charge in [-0.05, 0) is 36.4 Å². The zero-order chi connectivity index (χ0) is 13.0. The molecule has 0 saturated carbocycles. The molecule has 0 aliphatic rings. The topological polar surface area (TPSA) is 35.5 Å². The number of hydrogen-bond acceptors (Lipinski definition) is 3. The van der Waals surface area contributed by atoms with Crippen molar-refractivity contribution in [1.82, 2.24) is 0 Å². The number of aldehydes is 1. The van der Waals surface area contributed by atoms with Crippen LogP contribution in [-0.4, -0.2) is 13.4 Å². The number of ether oxygens (including phenoxy) is 2. The lowest BCUT2D eigenvalue weighted by Crippen LogP contribution is -1.91. The summed E-state index contributed by atoms with van der Waals surface area (Å²) in [6.45, 7) is 0. The third kappa shape index (κ3) is 2.63. The minimum absolute atomic E-state index is 0.360. The quantitative estimate of drug-likeness (QED) is 0.783. The average Bonchev–Trinajstić information content (AvgIpc) is 2.42. The fourth-order valence-electron chi connectivity index (χ4n) is 1.49. The summed E-state index contributed by atoms with van der Waals surface area (Å²) in [5, 5.41) is 0.399. The molecule has 18 heavy (non-hydrogen) atoms. The first-order valence-electron chi connectivity index (χ1n) is 5.30. The van der Waals surface area contributed by atoms with Gasteiger partial charge in [-0.1, -0.05) is 17.7 Å². The lowest BCUT2D eigenvalue weighted by Gasteiger charge is -2.10. The minimum atomic E-state index is 0.360. The third-order valence-electron chi connectivity index (χ3n) is 2.40. The van der Waals surface area contributed by atoms with Crippen molar-refractivity contribution in [2.75, 3.05) is 7.11 Å². The number of carbonyl (C=O) groups is 1. The highest BCUT2D eigenvalue weighted by Crippen LogP contribution is 2.32. The summed E-state index contributed by atoms with van der Waals surface area (Å²) in [6, 6.07) is 12.1. The monoisotopic (exact) mass is 262 g/mol. The van der Waals surface area contributed by atoms with E-state index in [0.29, 0.717) is 28.4 Å². The van der Waals surface area contributed by atoms with Gasteiger partial charge in [0.2, 0.25) is 0 Å². The van der Waals surface area contributed by atoms with Crippen LogP contribution in [0.4, 0.5) is 0 Å². The Balaban J connectivity index is 2.30. The first kappa shape index (κ1) is 12.5. The molecule has 2 aromatic carbocycles. The van der Waals surface area contributed by atoms with Gasteiger partial charge in [0.25, 0.3) is 0 Å². The maximum atomic E-state index is 10.9. The number of halogens is 1. The van der Waals surface area contributed by atoms with Crippen molar-refractivity contribution in [3.05, 3.63) is 53.1 Å². The SMILES string of the molecule is COc1ccc(Oc2c(Cl)cccc2C=O)cc1. The van der Waals surface area contributed by atoms with Crippen LogP contribution >= 0.6 is 11.6 Å². The molecule has 3 nitrogen and oxygen atoms in total. The Morgan fingerprint density at radius 1 is 1.06 bits per heavy atom. The highest BCUT2D eigenvalue weighted by atomic mass is 35.5. The van der Waals surface area contributed by atoms with E-state index in [1.54, 1.807) is 49.6 Å². The molecule has 0 saturated heterocycles. The maximum Gasteiger partial charge on any atom is 0.156 e. The Bertz CT molecular complexity index is 549. The van der Waals surface area contributed by atoms with Crippen LogP contribution in [0.15, 0.2) is 42.5 Å². The Hall–Kier alpha value is -2.00. The van der Waals surface area contributed by atoms with Gasteiger partial charge in [0.15, 0.2) is 12.0 Å². The van der Waals surface area contributed by atoms with E-state index in [-0.39, 0.29) is 0 Å². The zero-order valence-electron chi connectivity index (χ0n) is 9.72. The fourth-order valence-corrected chi connectivity index (χ4v) is 1.71. The summed E-state index contributed by atoms with van der Waals surface area (Å²) in [7, 11) is 1.59. The number of carbonyl (C=O) groups excluding carboxylic acids is 1. The summed E-state index contributed by atoms with van der Waals surface area (Å²) in [5.74, 6) is 1.68. The molecule has 0 radical (unpaired) electrons. The van der Waals surface area contributed by atoms with Crippen molar-refractivity contribution in [2.45, 2.75) is 0 Å². The molecule has 0 aromatic heterocycles. The molecule has 0 unspecified atom stereocenters. The van der Waals surface area contributed by atoms with Crippen LogP contribution in [0, 0.1) is 0 Å². The van der Waals surface area contributed by atoms with Gasteiger partial charge in [0, 0.05) is 0 Å². The van der Waals surface area contributed by atoms with Gasteiger partial charge in [-0.15, -0.1) is 0 Å². The van der Waals surface area contributed by atoms with E-state index in [4.69, 9.17) is 21.1 Å². The Labute approximate surface area is 110 Å². The Kier molecular flexibility index (Phi) is 3.85. The standard InChI is InChI=1S/C14H11ClO3/c1-17-11-5-7-12(8-6-11)18-14-10(9-16)3-2-4-13(14)15/h2-9H,1H3. The highest BCUT2D eigenvalue weighted by Gasteiger charge is 2.08. The van der Waals surface area contributed by atoms with E-state index in [2.05, 4.69) is 0 Å². The van der Waals surface area contributed by atoms with Gasteiger partial charge in [-0.2, -0.15) is 0 Å². The minimum Gasteiger partial charge on any atom is -0.497 e. The van der Waals surface area contributed by atoms with Crippen LogP contribution in [0.2, 0.25) is 5.02 Å². The molecule has 0 bridgehead atoms. The van der Waals surface area contributed by atoms with Gasteiger partial charge < -0.3 is 9.47 Å². The Morgan fingerprint density at radius 3 is 2.33 bits per heavy atom. The van der Waals surface area contributed by atoms with Gasteiger partial charge in [0.05, 0.1) is 17.7 Å². The molecule has 4 heteroatoms. The summed E-state index contributed by atoms with van der Waals surface area (Å²) in [6.07, 6.45) is 0.713. The van der Waals surface area contributed by atoms with E-state index >= 15 is 0 Å². The van der Waals surface area contributed by atoms with Crippen LogP contribution < -0.4 is 9.47 Å². The predicted octanol–water partition coefficient (Wildman–Crippen LogP) is 3.95. The largest absolute Gasteiger partial charge is 0.497 e. The number of hydrogen-bond donors (Lipinski definition) is 0. The molecule has 0 fully saturated rings. The second-order valence-electron chi connectivity index (χ2n) is 3.55. The van der Waals surface area contributed by atoms with E-state index in [1.165, 1.54) is 0 Å². The van der Waals surface area contributed by atoms with Gasteiger partial charge in [-0.3, -0.25) is 4.79 Å². The van der Waals surface area contributed by atoms with Crippen LogP contribution in [0.5, 0.6) is 17.2 Å². The molecule has 0 amide bonds. The summed E-state index contributed by atoms with van der Waals surface area (Å²) in [5.41, 5.74) is 0.415. The van der Waals surface area contributed by atoms with Gasteiger partial charge >= 0.3 is 0 Å². The fraction of sp³-hybridized carbons (Fsp3) is 0.0714. The normalized spacial score (nSPS) is 9.89. The molecule has 0 atom stereocenters. The molecule has 0 heterocycles. The molecule has 0 N–H and O–H groups in total. The van der Waals surface area contributed by atoms with Crippen molar-refractivity contribution in [3.8, 4) is 17.2 Å². The first-order valence-corrected chi connectivity index (χ1v) is 5.68. The van der Waals surface area contributed by atoms with Crippen LogP contribution in [0.25, 0.3) is 0 Å². The molecule has 0 aliphatic carbocycles. The summed E-state index contributed by atoms with van der Waals surface area (Å²) >= 11 is 6.01. The van der Waals surface area contributed by atoms with Crippen molar-refractivity contribution in [3.63, 3.8) is 0 Å². The lowest BCUT2D eigenvalue weighted by molar-refractivity contribution is 0.112. The smallest absolute Gasteiger partial charge is 0.156 e. The van der Waals surface area contributed by atoms with E-state index in [9.17, 15) is 4.79 Å². The van der Waals surface area contributed by atoms with E-state index in [1.807, 2.05) is 0 Å². The van der Waals surface area contributed by atoms with Gasteiger partial charge in [-0.25, -0.2) is 0 Å². The Morgan fingerprint density at radius 2 is 1.72 bits per heavy atom. The van der Waals surface area contributed by atoms with Crippen LogP contribution in [0.1, 0.15) is 10.4 Å². The molecule has 2 rings (SSSR count). The maximum absolute atomic E-state index is 10.9. The second-order valence-corrected chi connectivity index (χ2v) is 3.96. The molecule has 0 spiro atoms. The average molecular weight is 263 g/mol. The molecular formula is C14H11ClO3. The predicted molar refractivity (Wildman–Crippen MR) is 69.9 cm³/mol. The number of methoxy groups -OCH3 is 1. The highest BCUT2D eigenvalue weighted by molar-refractivity contribution is 6.32. The van der Waals surface area contributed by atoms with Crippen molar-refractivity contribution in [2.24, 2.45) is 0 Å². The third-order valence-corrected chi connectivity index (χ3v) is 2.70. The lowest BCUT2D eigenvalue weighted by atomic mass is 10.2. The van der Waals surface area contributed by atoms with Crippen molar-refractivity contribution < 1.29 is 14.3 Å². The second kappa shape index (κ2) is 5.56. The molecule has 2 aromatic rings. The zero-order valence-corrected chi connectivity index (χ0v) is 10.5. The number of rotatable bonds is 4. The van der Waals surface area contributed by atoms with Crippen LogP contribution in [-0.2, 0) is 0 Å².